The summed E-state index contributed by atoms with van der Waals surface area (Å²) in [5.74, 6) is -4.22. The van der Waals surface area contributed by atoms with Crippen molar-refractivity contribution in [2.45, 2.75) is 63.4 Å². The third-order valence-electron chi connectivity index (χ3n) is 5.99. The summed E-state index contributed by atoms with van der Waals surface area (Å²) in [4.78, 5) is 49.3. The highest BCUT2D eigenvalue weighted by Gasteiger charge is 2.35. The molecule has 2 atom stereocenters. The van der Waals surface area contributed by atoms with E-state index in [4.69, 9.17) is 5.11 Å². The third-order valence-corrected chi connectivity index (χ3v) is 7.44. The van der Waals surface area contributed by atoms with Gasteiger partial charge < -0.3 is 20.4 Å². The predicted octanol–water partition coefficient (Wildman–Crippen LogP) is 0.971. The molecular weight excluding hydrogens is 478 g/mol. The molecule has 1 aromatic carbocycles. The van der Waals surface area contributed by atoms with Crippen molar-refractivity contribution < 1.29 is 37.8 Å². The second-order valence-electron chi connectivity index (χ2n) is 9.09. The van der Waals surface area contributed by atoms with E-state index in [1.54, 1.807) is 26.0 Å². The summed E-state index contributed by atoms with van der Waals surface area (Å²) in [7, 11) is -3.92. The van der Waals surface area contributed by atoms with Crippen LogP contribution in [-0.4, -0.2) is 72.5 Å². The average molecular weight is 512 g/mol. The summed E-state index contributed by atoms with van der Waals surface area (Å²) in [6, 6.07) is 4.01. The molecule has 35 heavy (non-hydrogen) atoms. The number of aryl methyl sites for hydroxylation is 1. The van der Waals surface area contributed by atoms with Gasteiger partial charge in [0.15, 0.2) is 0 Å². The lowest BCUT2D eigenvalue weighted by Crippen LogP contribution is -2.54. The topological polar surface area (TPSA) is 170 Å². The van der Waals surface area contributed by atoms with Gasteiger partial charge in [0.2, 0.25) is 21.8 Å². The van der Waals surface area contributed by atoms with Gasteiger partial charge in [-0.2, -0.15) is 4.72 Å². The van der Waals surface area contributed by atoms with E-state index < -0.39 is 45.9 Å². The first-order chi connectivity index (χ1) is 16.3. The van der Waals surface area contributed by atoms with Crippen LogP contribution in [0.1, 0.15) is 45.1 Å². The fraction of sp³-hybridized carbons (Fsp3) is 0.565. The fourth-order valence-electron chi connectivity index (χ4n) is 3.80. The van der Waals surface area contributed by atoms with Crippen LogP contribution in [0.4, 0.5) is 0 Å². The van der Waals surface area contributed by atoms with Crippen molar-refractivity contribution in [3.8, 4) is 0 Å². The molecule has 0 radical (unpaired) electrons. The second kappa shape index (κ2) is 12.1. The van der Waals surface area contributed by atoms with Crippen LogP contribution in [0.25, 0.3) is 0 Å². The molecular formula is C23H33N3O8S. The predicted molar refractivity (Wildman–Crippen MR) is 126 cm³/mol. The highest BCUT2D eigenvalue weighted by Crippen LogP contribution is 2.21. The Labute approximate surface area is 204 Å². The number of benzene rings is 1. The molecule has 0 spiro atoms. The SMILES string of the molecule is Cc1ccc(S(=O)(=O)NC(C(=O)N2CCC(C(=O)NC(CCC(=O)O)C(=O)O)CC2)C(C)C)cc1. The van der Waals surface area contributed by atoms with Crippen molar-refractivity contribution in [1.29, 1.82) is 0 Å². The van der Waals surface area contributed by atoms with E-state index >= 15 is 0 Å². The molecule has 1 saturated heterocycles. The number of amides is 2. The summed E-state index contributed by atoms with van der Waals surface area (Å²) in [6.45, 7) is 5.73. The van der Waals surface area contributed by atoms with Crippen molar-refractivity contribution in [3.63, 3.8) is 0 Å². The molecule has 0 aromatic heterocycles. The monoisotopic (exact) mass is 511 g/mol. The highest BCUT2D eigenvalue weighted by atomic mass is 32.2. The van der Waals surface area contributed by atoms with Gasteiger partial charge in [-0.15, -0.1) is 0 Å². The summed E-state index contributed by atoms with van der Waals surface area (Å²) < 4.78 is 28.2. The molecule has 1 fully saturated rings. The smallest absolute Gasteiger partial charge is 0.326 e. The molecule has 0 bridgehead atoms. The average Bonchev–Trinajstić information content (AvgIpc) is 2.79. The normalized spacial score (nSPS) is 16.5. The zero-order valence-corrected chi connectivity index (χ0v) is 20.9. The molecule has 0 aliphatic carbocycles. The largest absolute Gasteiger partial charge is 0.481 e. The number of hydrogen-bond donors (Lipinski definition) is 4. The molecule has 2 amide bonds. The number of carboxylic acids is 2. The van der Waals surface area contributed by atoms with E-state index in [2.05, 4.69) is 10.0 Å². The first-order valence-corrected chi connectivity index (χ1v) is 12.9. The van der Waals surface area contributed by atoms with Gasteiger partial charge in [0.1, 0.15) is 12.1 Å². The molecule has 12 heteroatoms. The number of rotatable bonds is 11. The fourth-order valence-corrected chi connectivity index (χ4v) is 5.14. The van der Waals surface area contributed by atoms with Crippen LogP contribution in [0, 0.1) is 18.8 Å². The lowest BCUT2D eigenvalue weighted by molar-refractivity contribution is -0.144. The summed E-state index contributed by atoms with van der Waals surface area (Å²) in [6.07, 6.45) is -0.0685. The number of carbonyl (C=O) groups is 4. The minimum Gasteiger partial charge on any atom is -0.481 e. The summed E-state index contributed by atoms with van der Waals surface area (Å²) in [5, 5.41) is 20.4. The number of sulfonamides is 1. The standard InChI is InChI=1S/C23H33N3O8S/c1-14(2)20(25-35(33,34)17-6-4-15(3)5-7-17)22(30)26-12-10-16(11-13-26)21(29)24-18(23(31)32)8-9-19(27)28/h4-7,14,16,18,20,25H,8-13H2,1-3H3,(H,24,29)(H,27,28)(H,31,32). The van der Waals surface area contributed by atoms with Gasteiger partial charge in [0.25, 0.3) is 0 Å². The van der Waals surface area contributed by atoms with Crippen molar-refractivity contribution >= 4 is 33.8 Å². The highest BCUT2D eigenvalue weighted by molar-refractivity contribution is 7.89. The van der Waals surface area contributed by atoms with Crippen LogP contribution >= 0.6 is 0 Å². The van der Waals surface area contributed by atoms with Crippen LogP contribution in [0.2, 0.25) is 0 Å². The zero-order chi connectivity index (χ0) is 26.3. The van der Waals surface area contributed by atoms with Gasteiger partial charge in [0.05, 0.1) is 4.90 Å². The van der Waals surface area contributed by atoms with E-state index in [1.165, 1.54) is 17.0 Å². The minimum absolute atomic E-state index is 0.0628. The van der Waals surface area contributed by atoms with E-state index in [-0.39, 0.29) is 55.5 Å². The Balaban J connectivity index is 1.99. The van der Waals surface area contributed by atoms with Crippen LogP contribution in [-0.2, 0) is 29.2 Å². The van der Waals surface area contributed by atoms with Crippen molar-refractivity contribution in [3.05, 3.63) is 29.8 Å². The first kappa shape index (κ1) is 28.2. The lowest BCUT2D eigenvalue weighted by Gasteiger charge is -2.35. The minimum atomic E-state index is -3.92. The van der Waals surface area contributed by atoms with E-state index in [1.807, 2.05) is 6.92 Å². The Morgan fingerprint density at radius 1 is 1.06 bits per heavy atom. The summed E-state index contributed by atoms with van der Waals surface area (Å²) in [5.41, 5.74) is 0.906. The molecule has 0 saturated carbocycles. The van der Waals surface area contributed by atoms with E-state index in [0.717, 1.165) is 5.56 Å². The van der Waals surface area contributed by atoms with Crippen molar-refractivity contribution in [2.24, 2.45) is 11.8 Å². The van der Waals surface area contributed by atoms with Crippen molar-refractivity contribution in [1.82, 2.24) is 14.9 Å². The maximum atomic E-state index is 13.2. The van der Waals surface area contributed by atoms with Crippen LogP contribution in [0.3, 0.4) is 0 Å². The molecule has 1 aromatic rings. The molecule has 2 rings (SSSR count). The molecule has 2 unspecified atom stereocenters. The van der Waals surface area contributed by atoms with Crippen LogP contribution in [0.5, 0.6) is 0 Å². The number of piperidine rings is 1. The number of nitrogens with one attached hydrogen (secondary N) is 2. The maximum Gasteiger partial charge on any atom is 0.326 e. The molecule has 4 N–H and O–H groups in total. The van der Waals surface area contributed by atoms with Gasteiger partial charge in [-0.3, -0.25) is 14.4 Å². The zero-order valence-electron chi connectivity index (χ0n) is 20.1. The number of carboxylic acid groups (broad SMARTS) is 2. The van der Waals surface area contributed by atoms with Crippen molar-refractivity contribution in [2.75, 3.05) is 13.1 Å². The lowest BCUT2D eigenvalue weighted by atomic mass is 9.94. The number of carbonyl (C=O) groups excluding carboxylic acids is 2. The summed E-state index contributed by atoms with van der Waals surface area (Å²) >= 11 is 0. The Morgan fingerprint density at radius 3 is 2.11 bits per heavy atom. The molecule has 1 aliphatic heterocycles. The Hall–Kier alpha value is -2.99. The first-order valence-electron chi connectivity index (χ1n) is 11.4. The van der Waals surface area contributed by atoms with Gasteiger partial charge in [-0.05, 0) is 44.2 Å². The molecule has 194 valence electrons. The molecule has 1 heterocycles. The quantitative estimate of drug-likeness (QED) is 0.340. The number of nitrogens with zero attached hydrogens (tertiary/aromatic N) is 1. The molecule has 11 nitrogen and oxygen atoms in total. The van der Waals surface area contributed by atoms with Gasteiger partial charge in [-0.1, -0.05) is 31.5 Å². The maximum absolute atomic E-state index is 13.2. The number of hydrogen-bond acceptors (Lipinski definition) is 6. The number of likely N-dealkylation sites (tertiary alicyclic amines) is 1. The Kier molecular flexibility index (Phi) is 9.78. The Bertz CT molecular complexity index is 1030. The third kappa shape index (κ3) is 8.03. The second-order valence-corrected chi connectivity index (χ2v) is 10.8. The van der Waals surface area contributed by atoms with Gasteiger partial charge >= 0.3 is 11.9 Å². The van der Waals surface area contributed by atoms with E-state index in [9.17, 15) is 32.7 Å². The van der Waals surface area contributed by atoms with Gasteiger partial charge in [0, 0.05) is 25.4 Å². The Morgan fingerprint density at radius 2 is 1.63 bits per heavy atom. The van der Waals surface area contributed by atoms with Gasteiger partial charge in [-0.25, -0.2) is 13.2 Å². The number of aliphatic carboxylic acids is 2. The molecule has 1 aliphatic rings. The van der Waals surface area contributed by atoms with Crippen LogP contribution in [0.15, 0.2) is 29.2 Å². The van der Waals surface area contributed by atoms with Crippen LogP contribution < -0.4 is 10.0 Å². The van der Waals surface area contributed by atoms with E-state index in [0.29, 0.717) is 0 Å².